The largest absolute Gasteiger partial charge is 0.369 e. The second-order valence-electron chi connectivity index (χ2n) is 4.55. The molecule has 0 bridgehead atoms. The number of anilines is 1. The fourth-order valence-corrected chi connectivity index (χ4v) is 2.24. The molecule has 6 nitrogen and oxygen atoms in total. The van der Waals surface area contributed by atoms with Crippen molar-refractivity contribution in [2.45, 2.75) is 19.5 Å². The highest BCUT2D eigenvalue weighted by molar-refractivity contribution is 6.34. The van der Waals surface area contributed by atoms with Crippen LogP contribution in [0.2, 0.25) is 5.02 Å². The third kappa shape index (κ3) is 2.33. The Labute approximate surface area is 116 Å². The average molecular weight is 277 g/mol. The molecule has 0 amide bonds. The Bertz CT molecular complexity index is 626. The van der Waals surface area contributed by atoms with E-state index in [0.717, 1.165) is 0 Å². The topological polar surface area (TPSA) is 104 Å². The van der Waals surface area contributed by atoms with Crippen LogP contribution in [0, 0.1) is 11.3 Å². The maximum atomic E-state index is 8.84. The quantitative estimate of drug-likeness (QED) is 0.809. The molecular formula is C12H13ClN6. The molecule has 19 heavy (non-hydrogen) atoms. The number of aliphatic imine (C=N–C) groups is 2. The summed E-state index contributed by atoms with van der Waals surface area (Å²) >= 11 is 6.19. The SMILES string of the molecule is CC1(C)N=C(N)N=C(N)N1c1ccc(C#N)cc1Cl. The van der Waals surface area contributed by atoms with Gasteiger partial charge < -0.3 is 11.5 Å². The van der Waals surface area contributed by atoms with Gasteiger partial charge in [0.15, 0.2) is 0 Å². The van der Waals surface area contributed by atoms with E-state index in [2.05, 4.69) is 9.98 Å². The summed E-state index contributed by atoms with van der Waals surface area (Å²) in [5.74, 6) is 0.340. The minimum Gasteiger partial charge on any atom is -0.369 e. The predicted octanol–water partition coefficient (Wildman–Crippen LogP) is 1.40. The summed E-state index contributed by atoms with van der Waals surface area (Å²) in [6.07, 6.45) is 0. The molecule has 1 aromatic rings. The molecule has 4 N–H and O–H groups in total. The van der Waals surface area contributed by atoms with Gasteiger partial charge in [-0.3, -0.25) is 4.90 Å². The molecule has 0 fully saturated rings. The highest BCUT2D eigenvalue weighted by Gasteiger charge is 2.34. The fourth-order valence-electron chi connectivity index (χ4n) is 1.98. The zero-order valence-corrected chi connectivity index (χ0v) is 11.3. The van der Waals surface area contributed by atoms with Gasteiger partial charge in [0.05, 0.1) is 22.3 Å². The van der Waals surface area contributed by atoms with Crippen LogP contribution in [0.5, 0.6) is 0 Å². The first-order valence-electron chi connectivity index (χ1n) is 5.54. The van der Waals surface area contributed by atoms with Gasteiger partial charge in [0, 0.05) is 0 Å². The normalized spacial score (nSPS) is 17.5. The van der Waals surface area contributed by atoms with E-state index in [0.29, 0.717) is 16.3 Å². The molecule has 0 unspecified atom stereocenters. The van der Waals surface area contributed by atoms with Gasteiger partial charge in [-0.1, -0.05) is 11.6 Å². The van der Waals surface area contributed by atoms with Crippen LogP contribution < -0.4 is 16.4 Å². The van der Waals surface area contributed by atoms with Crippen molar-refractivity contribution in [1.82, 2.24) is 0 Å². The van der Waals surface area contributed by atoms with Crippen LogP contribution in [0.1, 0.15) is 19.4 Å². The number of benzene rings is 1. The Balaban J connectivity index is 2.53. The molecule has 0 atom stereocenters. The van der Waals surface area contributed by atoms with Gasteiger partial charge in [0.1, 0.15) is 5.66 Å². The first-order valence-corrected chi connectivity index (χ1v) is 5.92. The maximum absolute atomic E-state index is 8.84. The van der Waals surface area contributed by atoms with Crippen molar-refractivity contribution in [3.05, 3.63) is 28.8 Å². The van der Waals surface area contributed by atoms with Crippen LogP contribution in [-0.4, -0.2) is 17.6 Å². The standard InChI is InChI=1S/C12H13ClN6/c1-12(2)18-10(15)17-11(16)19(12)9-4-3-7(6-14)5-8(9)13/h3-5H,1-2H3,(H4,15,16,17,18). The van der Waals surface area contributed by atoms with Crippen molar-refractivity contribution in [3.63, 3.8) is 0 Å². The van der Waals surface area contributed by atoms with Crippen molar-refractivity contribution >= 4 is 29.2 Å². The Morgan fingerprint density at radius 1 is 1.37 bits per heavy atom. The maximum Gasteiger partial charge on any atom is 0.220 e. The summed E-state index contributed by atoms with van der Waals surface area (Å²) in [6.45, 7) is 3.69. The van der Waals surface area contributed by atoms with Crippen LogP contribution in [0.15, 0.2) is 28.2 Å². The van der Waals surface area contributed by atoms with Gasteiger partial charge in [0.25, 0.3) is 0 Å². The van der Waals surface area contributed by atoms with E-state index >= 15 is 0 Å². The van der Waals surface area contributed by atoms with Gasteiger partial charge in [-0.2, -0.15) is 10.3 Å². The minimum absolute atomic E-state index is 0.128. The van der Waals surface area contributed by atoms with E-state index in [9.17, 15) is 0 Å². The molecule has 1 heterocycles. The van der Waals surface area contributed by atoms with Crippen LogP contribution in [0.3, 0.4) is 0 Å². The number of guanidine groups is 2. The molecule has 0 saturated carbocycles. The van der Waals surface area contributed by atoms with Crippen molar-refractivity contribution in [3.8, 4) is 6.07 Å². The van der Waals surface area contributed by atoms with Crippen LogP contribution in [0.25, 0.3) is 0 Å². The van der Waals surface area contributed by atoms with Crippen molar-refractivity contribution in [2.24, 2.45) is 21.5 Å². The van der Waals surface area contributed by atoms with E-state index in [-0.39, 0.29) is 11.9 Å². The second kappa shape index (κ2) is 4.44. The Kier molecular flexibility index (Phi) is 3.08. The van der Waals surface area contributed by atoms with Crippen molar-refractivity contribution < 1.29 is 0 Å². The molecule has 0 aliphatic carbocycles. The summed E-state index contributed by atoms with van der Waals surface area (Å²) in [6, 6.07) is 6.97. The summed E-state index contributed by atoms with van der Waals surface area (Å²) in [5.41, 5.74) is 11.9. The number of rotatable bonds is 1. The lowest BCUT2D eigenvalue weighted by Gasteiger charge is -2.38. The molecule has 0 saturated heterocycles. The lowest BCUT2D eigenvalue weighted by molar-refractivity contribution is 0.534. The Morgan fingerprint density at radius 2 is 2.05 bits per heavy atom. The summed E-state index contributed by atoms with van der Waals surface area (Å²) in [5, 5.41) is 9.25. The number of nitrogens with two attached hydrogens (primary N) is 2. The summed E-state index contributed by atoms with van der Waals surface area (Å²) in [4.78, 5) is 9.85. The minimum atomic E-state index is -0.701. The monoisotopic (exact) mass is 276 g/mol. The molecule has 0 spiro atoms. The average Bonchev–Trinajstić information content (AvgIpc) is 2.28. The van der Waals surface area contributed by atoms with Crippen LogP contribution in [-0.2, 0) is 0 Å². The summed E-state index contributed by atoms with van der Waals surface area (Å²) in [7, 11) is 0. The number of nitriles is 1. The van der Waals surface area contributed by atoms with Crippen LogP contribution >= 0.6 is 11.6 Å². The van der Waals surface area contributed by atoms with Gasteiger partial charge >= 0.3 is 0 Å². The van der Waals surface area contributed by atoms with Crippen molar-refractivity contribution in [1.29, 1.82) is 5.26 Å². The van der Waals surface area contributed by atoms with Gasteiger partial charge in [-0.25, -0.2) is 4.99 Å². The smallest absolute Gasteiger partial charge is 0.220 e. The number of hydrogen-bond donors (Lipinski definition) is 2. The van der Waals surface area contributed by atoms with Gasteiger partial charge in [-0.15, -0.1) is 0 Å². The first-order chi connectivity index (χ1) is 8.85. The number of nitrogens with zero attached hydrogens (tertiary/aromatic N) is 4. The number of halogens is 1. The molecule has 1 aliphatic heterocycles. The van der Waals surface area contributed by atoms with E-state index in [4.69, 9.17) is 28.3 Å². The molecule has 2 rings (SSSR count). The fraction of sp³-hybridized carbons (Fsp3) is 0.250. The first kappa shape index (κ1) is 13.2. The zero-order valence-electron chi connectivity index (χ0n) is 10.6. The molecule has 0 aromatic heterocycles. The Hall–Kier alpha value is -2.26. The zero-order chi connectivity index (χ0) is 14.2. The molecule has 0 radical (unpaired) electrons. The number of hydrogen-bond acceptors (Lipinski definition) is 6. The van der Waals surface area contributed by atoms with Crippen LogP contribution in [0.4, 0.5) is 5.69 Å². The third-order valence-corrected chi connectivity index (χ3v) is 3.01. The van der Waals surface area contributed by atoms with E-state index in [1.165, 1.54) is 0 Å². The van der Waals surface area contributed by atoms with Crippen molar-refractivity contribution in [2.75, 3.05) is 4.90 Å². The summed E-state index contributed by atoms with van der Waals surface area (Å²) < 4.78 is 0. The van der Waals surface area contributed by atoms with E-state index < -0.39 is 5.66 Å². The molecular weight excluding hydrogens is 264 g/mol. The highest BCUT2D eigenvalue weighted by atomic mass is 35.5. The van der Waals surface area contributed by atoms with Gasteiger partial charge in [0.2, 0.25) is 11.9 Å². The molecule has 7 heteroatoms. The molecule has 98 valence electrons. The third-order valence-electron chi connectivity index (χ3n) is 2.71. The van der Waals surface area contributed by atoms with E-state index in [1.807, 2.05) is 19.9 Å². The lowest BCUT2D eigenvalue weighted by atomic mass is 10.1. The molecule has 1 aliphatic rings. The van der Waals surface area contributed by atoms with Gasteiger partial charge in [-0.05, 0) is 32.0 Å². The molecule has 1 aromatic carbocycles. The van der Waals surface area contributed by atoms with E-state index in [1.54, 1.807) is 23.1 Å². The predicted molar refractivity (Wildman–Crippen MR) is 76.0 cm³/mol. The Morgan fingerprint density at radius 3 is 2.58 bits per heavy atom. The highest BCUT2D eigenvalue weighted by Crippen LogP contribution is 2.33. The lowest BCUT2D eigenvalue weighted by Crippen LogP contribution is -2.54. The second-order valence-corrected chi connectivity index (χ2v) is 4.96.